The van der Waals surface area contributed by atoms with Gasteiger partial charge < -0.3 is 4.90 Å². The summed E-state index contributed by atoms with van der Waals surface area (Å²) in [5, 5.41) is 0. The van der Waals surface area contributed by atoms with Gasteiger partial charge in [0.25, 0.3) is 5.91 Å². The van der Waals surface area contributed by atoms with Crippen molar-refractivity contribution < 1.29 is 13.6 Å². The second-order valence-corrected chi connectivity index (χ2v) is 5.63. The fourth-order valence-electron chi connectivity index (χ4n) is 1.53. The second kappa shape index (κ2) is 5.63. The van der Waals surface area contributed by atoms with Crippen LogP contribution in [0.3, 0.4) is 0 Å². The topological polar surface area (TPSA) is 33.2 Å². The van der Waals surface area contributed by atoms with Crippen molar-refractivity contribution in [3.63, 3.8) is 0 Å². The van der Waals surface area contributed by atoms with Crippen molar-refractivity contribution in [2.45, 2.75) is 6.54 Å². The van der Waals surface area contributed by atoms with Crippen molar-refractivity contribution in [2.24, 2.45) is 0 Å². The molecule has 0 aromatic carbocycles. The van der Waals surface area contributed by atoms with Gasteiger partial charge in [0.05, 0.1) is 16.4 Å². The van der Waals surface area contributed by atoms with Crippen LogP contribution in [-0.2, 0) is 6.54 Å². The van der Waals surface area contributed by atoms with Crippen LogP contribution in [0.5, 0.6) is 0 Å². The highest BCUT2D eigenvalue weighted by Crippen LogP contribution is 2.23. The standard InChI is InChI=1S/C12H9ClF2N2OS/c1-17(6-7-2-3-9(13)19-7)12(18)8-4-5-16-11(15)10(8)14/h2-5H,6H2,1H3. The largest absolute Gasteiger partial charge is 0.336 e. The monoisotopic (exact) mass is 302 g/mol. The number of hydrogen-bond donors (Lipinski definition) is 0. The second-order valence-electron chi connectivity index (χ2n) is 3.83. The Balaban J connectivity index is 2.17. The summed E-state index contributed by atoms with van der Waals surface area (Å²) >= 11 is 7.11. The molecule has 100 valence electrons. The van der Waals surface area contributed by atoms with Gasteiger partial charge in [0, 0.05) is 18.1 Å². The van der Waals surface area contributed by atoms with E-state index in [1.54, 1.807) is 12.1 Å². The van der Waals surface area contributed by atoms with Gasteiger partial charge in [-0.2, -0.15) is 4.39 Å². The van der Waals surface area contributed by atoms with Gasteiger partial charge in [-0.3, -0.25) is 4.79 Å². The maximum absolute atomic E-state index is 13.5. The Hall–Kier alpha value is -1.53. The number of carbonyl (C=O) groups excluding carboxylic acids is 1. The van der Waals surface area contributed by atoms with Crippen LogP contribution in [0.1, 0.15) is 15.2 Å². The van der Waals surface area contributed by atoms with E-state index in [0.29, 0.717) is 4.34 Å². The molecule has 2 rings (SSSR count). The van der Waals surface area contributed by atoms with Crippen LogP contribution in [0.4, 0.5) is 8.78 Å². The van der Waals surface area contributed by atoms with Crippen LogP contribution in [0.2, 0.25) is 4.34 Å². The lowest BCUT2D eigenvalue weighted by molar-refractivity contribution is 0.0780. The lowest BCUT2D eigenvalue weighted by atomic mass is 10.2. The predicted octanol–water partition coefficient (Wildman–Crippen LogP) is 3.35. The van der Waals surface area contributed by atoms with E-state index in [2.05, 4.69) is 4.98 Å². The Kier molecular flexibility index (Phi) is 4.11. The first-order valence-electron chi connectivity index (χ1n) is 5.28. The van der Waals surface area contributed by atoms with Gasteiger partial charge in [0.2, 0.25) is 5.95 Å². The molecule has 2 aromatic rings. The first-order valence-corrected chi connectivity index (χ1v) is 6.48. The number of hydrogen-bond acceptors (Lipinski definition) is 3. The minimum absolute atomic E-state index is 0.277. The summed E-state index contributed by atoms with van der Waals surface area (Å²) in [6, 6.07) is 4.64. The van der Waals surface area contributed by atoms with E-state index in [0.717, 1.165) is 17.1 Å². The van der Waals surface area contributed by atoms with Crippen molar-refractivity contribution >= 4 is 28.8 Å². The molecule has 0 saturated carbocycles. The number of rotatable bonds is 3. The maximum atomic E-state index is 13.5. The summed E-state index contributed by atoms with van der Waals surface area (Å²) in [6.45, 7) is 0.277. The number of halogens is 3. The van der Waals surface area contributed by atoms with Crippen molar-refractivity contribution in [2.75, 3.05) is 7.05 Å². The SMILES string of the molecule is CN(Cc1ccc(Cl)s1)C(=O)c1ccnc(F)c1F. The minimum atomic E-state index is -1.28. The molecule has 19 heavy (non-hydrogen) atoms. The average molecular weight is 303 g/mol. The number of nitrogens with zero attached hydrogens (tertiary/aromatic N) is 2. The Morgan fingerprint density at radius 2 is 2.16 bits per heavy atom. The number of carbonyl (C=O) groups is 1. The van der Waals surface area contributed by atoms with Gasteiger partial charge >= 0.3 is 0 Å². The number of amides is 1. The highest BCUT2D eigenvalue weighted by molar-refractivity contribution is 7.16. The van der Waals surface area contributed by atoms with E-state index < -0.39 is 17.7 Å². The average Bonchev–Trinajstić information content (AvgIpc) is 2.77. The molecule has 0 saturated heterocycles. The first-order chi connectivity index (χ1) is 8.99. The van der Waals surface area contributed by atoms with Gasteiger partial charge in [-0.25, -0.2) is 9.37 Å². The molecule has 0 aliphatic carbocycles. The lowest BCUT2D eigenvalue weighted by Crippen LogP contribution is -2.27. The van der Waals surface area contributed by atoms with Gasteiger partial charge in [-0.1, -0.05) is 11.6 Å². The Morgan fingerprint density at radius 3 is 2.79 bits per heavy atom. The zero-order chi connectivity index (χ0) is 14.0. The van der Waals surface area contributed by atoms with E-state index in [1.807, 2.05) is 0 Å². The zero-order valence-electron chi connectivity index (χ0n) is 9.86. The molecule has 0 bridgehead atoms. The minimum Gasteiger partial charge on any atom is -0.336 e. The normalized spacial score (nSPS) is 10.5. The van der Waals surface area contributed by atoms with Crippen molar-refractivity contribution in [1.29, 1.82) is 0 Å². The van der Waals surface area contributed by atoms with Gasteiger partial charge in [-0.05, 0) is 18.2 Å². The highest BCUT2D eigenvalue weighted by Gasteiger charge is 2.19. The molecule has 2 aromatic heterocycles. The Bertz CT molecular complexity index is 618. The van der Waals surface area contributed by atoms with E-state index in [4.69, 9.17) is 11.6 Å². The van der Waals surface area contributed by atoms with E-state index in [1.165, 1.54) is 23.3 Å². The molecular formula is C12H9ClF2N2OS. The van der Waals surface area contributed by atoms with Crippen LogP contribution in [0, 0.1) is 11.8 Å². The summed E-state index contributed by atoms with van der Waals surface area (Å²) < 4.78 is 27.0. The van der Waals surface area contributed by atoms with Crippen molar-refractivity contribution in [3.05, 3.63) is 50.9 Å². The summed E-state index contributed by atoms with van der Waals surface area (Å²) in [6.07, 6.45) is 1.06. The van der Waals surface area contributed by atoms with Crippen LogP contribution < -0.4 is 0 Å². The van der Waals surface area contributed by atoms with Crippen LogP contribution in [0.15, 0.2) is 24.4 Å². The molecular weight excluding hydrogens is 294 g/mol. The molecule has 0 radical (unpaired) electrons. The molecule has 0 aliphatic heterocycles. The molecule has 0 unspecified atom stereocenters. The van der Waals surface area contributed by atoms with E-state index in [9.17, 15) is 13.6 Å². The molecule has 0 N–H and O–H groups in total. The molecule has 7 heteroatoms. The fraction of sp³-hybridized carbons (Fsp3) is 0.167. The summed E-state index contributed by atoms with van der Waals surface area (Å²) in [7, 11) is 1.51. The van der Waals surface area contributed by atoms with Gasteiger partial charge in [0.1, 0.15) is 0 Å². The van der Waals surface area contributed by atoms with E-state index in [-0.39, 0.29) is 12.1 Å². The fourth-order valence-corrected chi connectivity index (χ4v) is 2.67. The molecule has 0 atom stereocenters. The molecule has 0 spiro atoms. The third-order valence-corrected chi connectivity index (χ3v) is 3.66. The number of aromatic nitrogens is 1. The smallest absolute Gasteiger partial charge is 0.257 e. The maximum Gasteiger partial charge on any atom is 0.257 e. The third kappa shape index (κ3) is 3.08. The van der Waals surface area contributed by atoms with Gasteiger partial charge in [0.15, 0.2) is 5.82 Å². The number of pyridine rings is 1. The zero-order valence-corrected chi connectivity index (χ0v) is 11.4. The third-order valence-electron chi connectivity index (χ3n) is 2.45. The van der Waals surface area contributed by atoms with Gasteiger partial charge in [-0.15, -0.1) is 11.3 Å². The van der Waals surface area contributed by atoms with Crippen molar-refractivity contribution in [1.82, 2.24) is 9.88 Å². The van der Waals surface area contributed by atoms with Crippen molar-refractivity contribution in [3.8, 4) is 0 Å². The lowest BCUT2D eigenvalue weighted by Gasteiger charge is -2.16. The molecule has 0 fully saturated rings. The molecule has 0 aliphatic rings. The molecule has 1 amide bonds. The first kappa shape index (κ1) is 13.9. The summed E-state index contributed by atoms with van der Waals surface area (Å²) in [4.78, 5) is 17.3. The quantitative estimate of drug-likeness (QED) is 0.815. The molecule has 3 nitrogen and oxygen atoms in total. The van der Waals surface area contributed by atoms with E-state index >= 15 is 0 Å². The highest BCUT2D eigenvalue weighted by atomic mass is 35.5. The van der Waals surface area contributed by atoms with Crippen LogP contribution >= 0.6 is 22.9 Å². The Labute approximate surface area is 117 Å². The summed E-state index contributed by atoms with van der Waals surface area (Å²) in [5.74, 6) is -3.12. The van der Waals surface area contributed by atoms with Crippen LogP contribution in [-0.4, -0.2) is 22.8 Å². The molecule has 2 heterocycles. The predicted molar refractivity (Wildman–Crippen MR) is 69.3 cm³/mol. The van der Waals surface area contributed by atoms with Crippen LogP contribution in [0.25, 0.3) is 0 Å². The Morgan fingerprint density at radius 1 is 1.42 bits per heavy atom. The number of thiophene rings is 1. The summed E-state index contributed by atoms with van der Waals surface area (Å²) in [5.41, 5.74) is -0.336.